The molecule has 1 aliphatic carbocycles. The number of ether oxygens (including phenoxy) is 1. The maximum atomic E-state index is 12.4. The minimum Gasteiger partial charge on any atom is -0.444 e. The summed E-state index contributed by atoms with van der Waals surface area (Å²) in [5.74, 6) is 0.104. The lowest BCUT2D eigenvalue weighted by atomic mass is 9.91. The summed E-state index contributed by atoms with van der Waals surface area (Å²) in [6.45, 7) is 13.1. The highest BCUT2D eigenvalue weighted by molar-refractivity contribution is 5.93. The third-order valence-electron chi connectivity index (χ3n) is 5.60. The number of benzene rings is 1. The van der Waals surface area contributed by atoms with E-state index in [1.54, 1.807) is 4.90 Å². The molecule has 0 bridgehead atoms. The minimum absolute atomic E-state index is 0.104. The molecular weight excluding hydrogens is 340 g/mol. The summed E-state index contributed by atoms with van der Waals surface area (Å²) in [5.41, 5.74) is 5.22. The molecule has 2 amide bonds. The highest BCUT2D eigenvalue weighted by Crippen LogP contribution is 2.48. The van der Waals surface area contributed by atoms with Crippen molar-refractivity contribution < 1.29 is 14.3 Å². The van der Waals surface area contributed by atoms with Gasteiger partial charge in [0.2, 0.25) is 5.91 Å². The number of aryl methyl sites for hydroxylation is 1. The molecule has 1 aromatic rings. The largest absolute Gasteiger partial charge is 0.444 e. The van der Waals surface area contributed by atoms with Gasteiger partial charge in [0, 0.05) is 25.2 Å². The van der Waals surface area contributed by atoms with Crippen LogP contribution in [0.5, 0.6) is 0 Å². The van der Waals surface area contributed by atoms with E-state index in [9.17, 15) is 9.59 Å². The molecule has 3 rings (SSSR count). The van der Waals surface area contributed by atoms with Crippen LogP contribution in [0, 0.1) is 19.3 Å². The summed E-state index contributed by atoms with van der Waals surface area (Å²) < 4.78 is 5.51. The first-order valence-corrected chi connectivity index (χ1v) is 9.87. The summed E-state index contributed by atoms with van der Waals surface area (Å²) in [6.07, 6.45) is 3.39. The van der Waals surface area contributed by atoms with Gasteiger partial charge in [0.15, 0.2) is 0 Å². The van der Waals surface area contributed by atoms with Gasteiger partial charge in [-0.25, -0.2) is 4.79 Å². The van der Waals surface area contributed by atoms with Crippen LogP contribution in [-0.2, 0) is 22.5 Å². The number of hydrogen-bond donors (Lipinski definition) is 1. The molecule has 5 heteroatoms. The number of nitrogens with zero attached hydrogens (tertiary/aromatic N) is 1. The van der Waals surface area contributed by atoms with E-state index in [-0.39, 0.29) is 17.4 Å². The molecule has 1 aromatic carbocycles. The van der Waals surface area contributed by atoms with Crippen LogP contribution in [0.3, 0.4) is 0 Å². The SMILES string of the molecule is Cc1cc2c(c(C)c1NC(=O)CC1(C)CC1)CCN(C(=O)OC(C)(C)C)C2. The van der Waals surface area contributed by atoms with Gasteiger partial charge in [0.25, 0.3) is 0 Å². The number of hydrogen-bond acceptors (Lipinski definition) is 3. The smallest absolute Gasteiger partial charge is 0.410 e. The van der Waals surface area contributed by atoms with Crippen molar-refractivity contribution in [3.8, 4) is 0 Å². The molecule has 0 atom stereocenters. The van der Waals surface area contributed by atoms with Gasteiger partial charge in [-0.2, -0.15) is 0 Å². The molecule has 0 spiro atoms. The third kappa shape index (κ3) is 4.63. The Balaban J connectivity index is 1.75. The maximum absolute atomic E-state index is 12.4. The first-order valence-electron chi connectivity index (χ1n) is 9.87. The van der Waals surface area contributed by atoms with Crippen molar-refractivity contribution >= 4 is 17.7 Å². The summed E-state index contributed by atoms with van der Waals surface area (Å²) in [4.78, 5) is 26.6. The molecule has 27 heavy (non-hydrogen) atoms. The molecule has 5 nitrogen and oxygen atoms in total. The van der Waals surface area contributed by atoms with E-state index in [1.807, 2.05) is 27.7 Å². The Labute approximate surface area is 162 Å². The number of amides is 2. The number of carbonyl (C=O) groups is 2. The maximum Gasteiger partial charge on any atom is 0.410 e. The lowest BCUT2D eigenvalue weighted by Crippen LogP contribution is -2.40. The topological polar surface area (TPSA) is 58.6 Å². The van der Waals surface area contributed by atoms with Crippen LogP contribution in [0.1, 0.15) is 69.2 Å². The van der Waals surface area contributed by atoms with Gasteiger partial charge < -0.3 is 15.0 Å². The molecule has 0 radical (unpaired) electrons. The molecule has 0 aromatic heterocycles. The Morgan fingerprint density at radius 3 is 2.52 bits per heavy atom. The highest BCUT2D eigenvalue weighted by Gasteiger charge is 2.39. The second-order valence-corrected chi connectivity index (χ2v) is 9.52. The summed E-state index contributed by atoms with van der Waals surface area (Å²) >= 11 is 0. The Bertz CT molecular complexity index is 773. The van der Waals surface area contributed by atoms with E-state index in [2.05, 4.69) is 25.2 Å². The zero-order chi connectivity index (χ0) is 20.0. The van der Waals surface area contributed by atoms with Crippen molar-refractivity contribution in [3.63, 3.8) is 0 Å². The zero-order valence-electron chi connectivity index (χ0n) is 17.5. The van der Waals surface area contributed by atoms with E-state index in [1.165, 1.54) is 5.56 Å². The van der Waals surface area contributed by atoms with Crippen LogP contribution >= 0.6 is 0 Å². The van der Waals surface area contributed by atoms with E-state index in [4.69, 9.17) is 4.74 Å². The van der Waals surface area contributed by atoms with Crippen molar-refractivity contribution in [1.82, 2.24) is 4.90 Å². The average molecular weight is 373 g/mol. The van der Waals surface area contributed by atoms with Gasteiger partial charge >= 0.3 is 6.09 Å². The van der Waals surface area contributed by atoms with Crippen molar-refractivity contribution in [3.05, 3.63) is 28.3 Å². The van der Waals surface area contributed by atoms with Crippen molar-refractivity contribution in [1.29, 1.82) is 0 Å². The van der Waals surface area contributed by atoms with Crippen molar-refractivity contribution in [2.24, 2.45) is 5.41 Å². The number of rotatable bonds is 3. The van der Waals surface area contributed by atoms with Gasteiger partial charge in [0.05, 0.1) is 0 Å². The van der Waals surface area contributed by atoms with Gasteiger partial charge in [-0.3, -0.25) is 4.79 Å². The fourth-order valence-electron chi connectivity index (χ4n) is 3.76. The first kappa shape index (κ1) is 19.7. The molecule has 0 unspecified atom stereocenters. The van der Waals surface area contributed by atoms with Crippen molar-refractivity contribution in [2.75, 3.05) is 11.9 Å². The fourth-order valence-corrected chi connectivity index (χ4v) is 3.76. The van der Waals surface area contributed by atoms with Gasteiger partial charge in [-0.05, 0) is 81.5 Å². The summed E-state index contributed by atoms with van der Waals surface area (Å²) in [6, 6.07) is 2.10. The number of anilines is 1. The molecule has 148 valence electrons. The van der Waals surface area contributed by atoms with Gasteiger partial charge in [-0.15, -0.1) is 0 Å². The predicted octanol–water partition coefficient (Wildman–Crippen LogP) is 4.73. The van der Waals surface area contributed by atoms with E-state index < -0.39 is 5.60 Å². The van der Waals surface area contributed by atoms with Gasteiger partial charge in [-0.1, -0.05) is 13.0 Å². The molecular formula is C22H32N2O3. The quantitative estimate of drug-likeness (QED) is 0.835. The first-order chi connectivity index (χ1) is 12.5. The molecule has 1 saturated carbocycles. The number of carbonyl (C=O) groups excluding carboxylic acids is 2. The lowest BCUT2D eigenvalue weighted by molar-refractivity contribution is -0.117. The highest BCUT2D eigenvalue weighted by atomic mass is 16.6. The Hall–Kier alpha value is -2.04. The summed E-state index contributed by atoms with van der Waals surface area (Å²) in [5, 5.41) is 3.15. The third-order valence-corrected chi connectivity index (χ3v) is 5.60. The Morgan fingerprint density at radius 1 is 1.26 bits per heavy atom. The lowest BCUT2D eigenvalue weighted by Gasteiger charge is -2.33. The van der Waals surface area contributed by atoms with Crippen LogP contribution in [0.25, 0.3) is 0 Å². The van der Waals surface area contributed by atoms with Crippen molar-refractivity contribution in [2.45, 2.75) is 79.4 Å². The molecule has 1 aliphatic heterocycles. The average Bonchev–Trinajstić information content (AvgIpc) is 3.26. The summed E-state index contributed by atoms with van der Waals surface area (Å²) in [7, 11) is 0. The molecule has 1 heterocycles. The monoisotopic (exact) mass is 372 g/mol. The van der Waals surface area contributed by atoms with E-state index in [0.717, 1.165) is 41.6 Å². The molecule has 0 saturated heterocycles. The zero-order valence-corrected chi connectivity index (χ0v) is 17.5. The van der Waals surface area contributed by atoms with Crippen LogP contribution in [0.2, 0.25) is 0 Å². The molecule has 1 N–H and O–H groups in total. The standard InChI is InChI=1S/C22H32N2O3/c1-14-11-16-13-24(20(26)27-21(3,4)5)10-7-17(16)15(2)19(14)23-18(25)12-22(6)8-9-22/h11H,7-10,12-13H2,1-6H3,(H,23,25). The minimum atomic E-state index is -0.491. The molecule has 1 fully saturated rings. The van der Waals surface area contributed by atoms with E-state index in [0.29, 0.717) is 19.5 Å². The Morgan fingerprint density at radius 2 is 1.93 bits per heavy atom. The molecule has 2 aliphatic rings. The number of fused-ring (bicyclic) bond motifs is 1. The van der Waals surface area contributed by atoms with Crippen LogP contribution in [0.15, 0.2) is 6.07 Å². The van der Waals surface area contributed by atoms with E-state index >= 15 is 0 Å². The predicted molar refractivity (Wildman–Crippen MR) is 107 cm³/mol. The second-order valence-electron chi connectivity index (χ2n) is 9.52. The van der Waals surface area contributed by atoms with Gasteiger partial charge in [0.1, 0.15) is 5.60 Å². The number of nitrogens with one attached hydrogen (secondary N) is 1. The fraction of sp³-hybridized carbons (Fsp3) is 0.636. The second kappa shape index (κ2) is 6.84. The van der Waals surface area contributed by atoms with Crippen LogP contribution in [-0.4, -0.2) is 29.0 Å². The normalized spacial score (nSPS) is 17.9. The van der Waals surface area contributed by atoms with Crippen LogP contribution in [0.4, 0.5) is 10.5 Å². The van der Waals surface area contributed by atoms with Crippen LogP contribution < -0.4 is 5.32 Å². The Kier molecular flexibility index (Phi) is 5.00.